The van der Waals surface area contributed by atoms with Gasteiger partial charge in [0.25, 0.3) is 5.69 Å². The topological polar surface area (TPSA) is 97.8 Å². The minimum atomic E-state index is -0.380. The summed E-state index contributed by atoms with van der Waals surface area (Å²) < 4.78 is 0. The van der Waals surface area contributed by atoms with E-state index in [0.29, 0.717) is 21.8 Å². The molecule has 0 bridgehead atoms. The number of aromatic nitrogens is 2. The highest BCUT2D eigenvalue weighted by Gasteiger charge is 2.20. The van der Waals surface area contributed by atoms with Gasteiger partial charge in [-0.1, -0.05) is 6.07 Å². The third-order valence-corrected chi connectivity index (χ3v) is 3.69. The van der Waals surface area contributed by atoms with Crippen LogP contribution in [0.15, 0.2) is 23.7 Å². The predicted molar refractivity (Wildman–Crippen MR) is 75.2 cm³/mol. The Bertz CT molecular complexity index is 790. The second-order valence-corrected chi connectivity index (χ2v) is 5.07. The van der Waals surface area contributed by atoms with E-state index in [2.05, 4.69) is 9.97 Å². The molecule has 0 aliphatic heterocycles. The fraction of sp³-hybridized carbons (Fsp3) is 0.0833. The number of thiazole rings is 1. The number of rotatable bonds is 2. The molecule has 3 aromatic rings. The molecule has 0 fully saturated rings. The minimum absolute atomic E-state index is 0.0726. The third kappa shape index (κ3) is 1.75. The van der Waals surface area contributed by atoms with Gasteiger partial charge >= 0.3 is 0 Å². The van der Waals surface area contributed by atoms with Gasteiger partial charge in [-0.15, -0.1) is 11.3 Å². The van der Waals surface area contributed by atoms with Crippen molar-refractivity contribution in [2.45, 2.75) is 6.92 Å². The number of aryl methyl sites for hydroxylation is 1. The van der Waals surface area contributed by atoms with Crippen LogP contribution < -0.4 is 5.73 Å². The molecule has 6 nitrogen and oxygen atoms in total. The van der Waals surface area contributed by atoms with Crippen LogP contribution in [-0.4, -0.2) is 14.9 Å². The maximum absolute atomic E-state index is 11.2. The summed E-state index contributed by atoms with van der Waals surface area (Å²) in [5.74, 6) is 0. The SMILES string of the molecule is Cc1ccc([N+](=O)[O-])c2c(-c3csc(N)n3)c[nH]c12. The number of benzene rings is 1. The summed E-state index contributed by atoms with van der Waals surface area (Å²) in [5, 5.41) is 14.0. The van der Waals surface area contributed by atoms with E-state index in [0.717, 1.165) is 11.1 Å². The Morgan fingerprint density at radius 3 is 2.89 bits per heavy atom. The maximum atomic E-state index is 11.2. The van der Waals surface area contributed by atoms with Gasteiger partial charge in [0.1, 0.15) is 0 Å². The van der Waals surface area contributed by atoms with E-state index in [-0.39, 0.29) is 10.6 Å². The summed E-state index contributed by atoms with van der Waals surface area (Å²) in [5.41, 5.74) is 8.77. The fourth-order valence-electron chi connectivity index (χ4n) is 2.14. The highest BCUT2D eigenvalue weighted by molar-refractivity contribution is 7.13. The van der Waals surface area contributed by atoms with Crippen molar-refractivity contribution in [3.63, 3.8) is 0 Å². The number of nitrogens with zero attached hydrogens (tertiary/aromatic N) is 2. The standard InChI is InChI=1S/C12H10N4O2S/c1-6-2-3-9(16(17)18)10-7(4-14-11(6)10)8-5-19-12(13)15-8/h2-5,14H,1H3,(H2,13,15). The molecule has 1 aromatic carbocycles. The molecule has 0 saturated heterocycles. The van der Waals surface area contributed by atoms with Gasteiger partial charge in [-0.3, -0.25) is 10.1 Å². The highest BCUT2D eigenvalue weighted by atomic mass is 32.1. The Hall–Kier alpha value is -2.41. The summed E-state index contributed by atoms with van der Waals surface area (Å²) in [6.07, 6.45) is 1.74. The number of nitrogens with two attached hydrogens (primary N) is 1. The first-order valence-corrected chi connectivity index (χ1v) is 6.42. The number of non-ortho nitro benzene ring substituents is 1. The van der Waals surface area contributed by atoms with Crippen LogP contribution in [0.5, 0.6) is 0 Å². The number of fused-ring (bicyclic) bond motifs is 1. The number of anilines is 1. The Morgan fingerprint density at radius 1 is 1.47 bits per heavy atom. The van der Waals surface area contributed by atoms with Gasteiger partial charge in [-0.25, -0.2) is 4.98 Å². The molecule has 2 aromatic heterocycles. The number of nitrogens with one attached hydrogen (secondary N) is 1. The average Bonchev–Trinajstić information content (AvgIpc) is 2.95. The van der Waals surface area contributed by atoms with E-state index in [1.54, 1.807) is 17.6 Å². The van der Waals surface area contributed by atoms with E-state index >= 15 is 0 Å². The molecular weight excluding hydrogens is 264 g/mol. The predicted octanol–water partition coefficient (Wildman–Crippen LogP) is 3.09. The van der Waals surface area contributed by atoms with Crippen molar-refractivity contribution in [2.24, 2.45) is 0 Å². The monoisotopic (exact) mass is 274 g/mol. The largest absolute Gasteiger partial charge is 0.375 e. The van der Waals surface area contributed by atoms with Crippen molar-refractivity contribution in [3.8, 4) is 11.3 Å². The van der Waals surface area contributed by atoms with E-state index in [1.165, 1.54) is 17.4 Å². The van der Waals surface area contributed by atoms with Gasteiger partial charge in [-0.05, 0) is 12.5 Å². The smallest absolute Gasteiger partial charge is 0.279 e. The van der Waals surface area contributed by atoms with Crippen molar-refractivity contribution in [3.05, 3.63) is 39.4 Å². The van der Waals surface area contributed by atoms with Crippen LogP contribution in [0.4, 0.5) is 10.8 Å². The van der Waals surface area contributed by atoms with Crippen LogP contribution in [0.3, 0.4) is 0 Å². The van der Waals surface area contributed by atoms with E-state index in [4.69, 9.17) is 5.73 Å². The maximum Gasteiger partial charge on any atom is 0.279 e. The minimum Gasteiger partial charge on any atom is -0.375 e. The molecule has 7 heteroatoms. The number of aromatic amines is 1. The van der Waals surface area contributed by atoms with Gasteiger partial charge in [-0.2, -0.15) is 0 Å². The lowest BCUT2D eigenvalue weighted by Crippen LogP contribution is -1.91. The normalized spacial score (nSPS) is 11.0. The van der Waals surface area contributed by atoms with Crippen molar-refractivity contribution in [1.29, 1.82) is 0 Å². The summed E-state index contributed by atoms with van der Waals surface area (Å²) >= 11 is 1.31. The molecule has 3 N–H and O–H groups in total. The molecule has 2 heterocycles. The third-order valence-electron chi connectivity index (χ3n) is 3.02. The van der Waals surface area contributed by atoms with Crippen molar-refractivity contribution in [2.75, 3.05) is 5.73 Å². The number of nitro benzene ring substituents is 1. The zero-order valence-electron chi connectivity index (χ0n) is 10.0. The van der Waals surface area contributed by atoms with Crippen LogP contribution in [0.1, 0.15) is 5.56 Å². The van der Waals surface area contributed by atoms with Gasteiger partial charge < -0.3 is 10.7 Å². The molecule has 0 atom stereocenters. The second-order valence-electron chi connectivity index (χ2n) is 4.18. The quantitative estimate of drug-likeness (QED) is 0.554. The fourth-order valence-corrected chi connectivity index (χ4v) is 2.70. The summed E-state index contributed by atoms with van der Waals surface area (Å²) in [7, 11) is 0. The second kappa shape index (κ2) is 4.06. The Morgan fingerprint density at radius 2 is 2.26 bits per heavy atom. The highest BCUT2D eigenvalue weighted by Crippen LogP contribution is 2.37. The summed E-state index contributed by atoms with van der Waals surface area (Å²) in [6.45, 7) is 1.90. The number of nitrogen functional groups attached to an aromatic ring is 1. The first-order chi connectivity index (χ1) is 9.08. The zero-order valence-corrected chi connectivity index (χ0v) is 10.8. The first-order valence-electron chi connectivity index (χ1n) is 5.54. The van der Waals surface area contributed by atoms with Crippen molar-refractivity contribution >= 4 is 33.1 Å². The number of H-pyrrole nitrogens is 1. The lowest BCUT2D eigenvalue weighted by atomic mass is 10.1. The molecule has 19 heavy (non-hydrogen) atoms. The molecule has 0 radical (unpaired) electrons. The molecule has 3 rings (SSSR count). The Labute approximate surface area is 112 Å². The number of hydrogen-bond donors (Lipinski definition) is 2. The van der Waals surface area contributed by atoms with Crippen LogP contribution in [0.2, 0.25) is 0 Å². The summed E-state index contributed by atoms with van der Waals surface area (Å²) in [6, 6.07) is 3.25. The van der Waals surface area contributed by atoms with Crippen LogP contribution >= 0.6 is 11.3 Å². The molecular formula is C12H10N4O2S. The number of nitro groups is 1. The van der Waals surface area contributed by atoms with E-state index in [9.17, 15) is 10.1 Å². The molecule has 0 unspecified atom stereocenters. The molecule has 0 saturated carbocycles. The Balaban J connectivity index is 2.38. The molecule has 96 valence electrons. The van der Waals surface area contributed by atoms with Crippen molar-refractivity contribution < 1.29 is 4.92 Å². The van der Waals surface area contributed by atoms with Crippen LogP contribution in [-0.2, 0) is 0 Å². The lowest BCUT2D eigenvalue weighted by molar-refractivity contribution is -0.383. The molecule has 0 aliphatic rings. The first kappa shape index (κ1) is 11.7. The van der Waals surface area contributed by atoms with E-state index < -0.39 is 0 Å². The Kier molecular flexibility index (Phi) is 2.49. The molecule has 0 aliphatic carbocycles. The molecule has 0 amide bonds. The molecule has 0 spiro atoms. The van der Waals surface area contributed by atoms with Gasteiger partial charge in [0.15, 0.2) is 5.13 Å². The van der Waals surface area contributed by atoms with E-state index in [1.807, 2.05) is 6.92 Å². The van der Waals surface area contributed by atoms with Gasteiger partial charge in [0.05, 0.1) is 21.5 Å². The zero-order chi connectivity index (χ0) is 13.6. The average molecular weight is 274 g/mol. The van der Waals surface area contributed by atoms with Gasteiger partial charge in [0.2, 0.25) is 0 Å². The summed E-state index contributed by atoms with van der Waals surface area (Å²) in [4.78, 5) is 18.0. The lowest BCUT2D eigenvalue weighted by Gasteiger charge is -2.00. The van der Waals surface area contributed by atoms with Crippen molar-refractivity contribution in [1.82, 2.24) is 9.97 Å². The van der Waals surface area contributed by atoms with Crippen LogP contribution in [0, 0.1) is 17.0 Å². The van der Waals surface area contributed by atoms with Crippen LogP contribution in [0.25, 0.3) is 22.2 Å². The van der Waals surface area contributed by atoms with Gasteiger partial charge in [0, 0.05) is 23.2 Å². The number of hydrogen-bond acceptors (Lipinski definition) is 5.